The first-order chi connectivity index (χ1) is 8.05. The number of likely N-dealkylation sites (N-methyl/N-ethyl adjacent to an activating group) is 1. The second-order valence-electron chi connectivity index (χ2n) is 4.73. The fraction of sp³-hybridized carbons (Fsp3) is 0.571. The van der Waals surface area contributed by atoms with Gasteiger partial charge in [-0.1, -0.05) is 26.8 Å². The van der Waals surface area contributed by atoms with Crippen molar-refractivity contribution in [1.29, 1.82) is 0 Å². The Morgan fingerprint density at radius 1 is 1.12 bits per heavy atom. The van der Waals surface area contributed by atoms with Crippen LogP contribution in [0.3, 0.4) is 0 Å². The van der Waals surface area contributed by atoms with E-state index in [-0.39, 0.29) is 5.41 Å². The smallest absolute Gasteiger partial charge is 0.161 e. The third-order valence-electron chi connectivity index (χ3n) is 2.98. The second-order valence-corrected chi connectivity index (χ2v) is 4.73. The summed E-state index contributed by atoms with van der Waals surface area (Å²) in [5, 5.41) is 3.38. The van der Waals surface area contributed by atoms with Gasteiger partial charge in [0.25, 0.3) is 0 Å². The lowest BCUT2D eigenvalue weighted by molar-refractivity contribution is 0.353. The van der Waals surface area contributed by atoms with E-state index < -0.39 is 0 Å². The van der Waals surface area contributed by atoms with Gasteiger partial charge >= 0.3 is 0 Å². The van der Waals surface area contributed by atoms with Gasteiger partial charge in [0.15, 0.2) is 11.5 Å². The van der Waals surface area contributed by atoms with Crippen molar-refractivity contribution in [1.82, 2.24) is 5.32 Å². The lowest BCUT2D eigenvalue weighted by atomic mass is 9.84. The maximum absolute atomic E-state index is 5.33. The molecule has 0 saturated carbocycles. The molecule has 0 unspecified atom stereocenters. The Hall–Kier alpha value is -1.22. The Kier molecular flexibility index (Phi) is 4.82. The maximum Gasteiger partial charge on any atom is 0.161 e. The Morgan fingerprint density at radius 2 is 1.76 bits per heavy atom. The Balaban J connectivity index is 2.98. The van der Waals surface area contributed by atoms with Crippen molar-refractivity contribution in [3.63, 3.8) is 0 Å². The van der Waals surface area contributed by atoms with Crippen LogP contribution < -0.4 is 14.8 Å². The van der Waals surface area contributed by atoms with E-state index in [1.54, 1.807) is 14.2 Å². The van der Waals surface area contributed by atoms with Gasteiger partial charge in [-0.25, -0.2) is 0 Å². The largest absolute Gasteiger partial charge is 0.493 e. The molecule has 0 spiro atoms. The van der Waals surface area contributed by atoms with Crippen LogP contribution in [0.1, 0.15) is 26.3 Å². The van der Waals surface area contributed by atoms with Gasteiger partial charge in [-0.05, 0) is 24.2 Å². The van der Waals surface area contributed by atoms with Gasteiger partial charge in [-0.15, -0.1) is 0 Å². The maximum atomic E-state index is 5.33. The topological polar surface area (TPSA) is 30.5 Å². The van der Waals surface area contributed by atoms with Gasteiger partial charge in [0, 0.05) is 12.0 Å². The van der Waals surface area contributed by atoms with E-state index in [4.69, 9.17) is 9.47 Å². The van der Waals surface area contributed by atoms with Gasteiger partial charge in [0.2, 0.25) is 0 Å². The molecule has 0 amide bonds. The molecule has 1 rings (SSSR count). The fourth-order valence-electron chi connectivity index (χ4n) is 1.80. The molecule has 0 heterocycles. The Morgan fingerprint density at radius 3 is 2.29 bits per heavy atom. The summed E-state index contributed by atoms with van der Waals surface area (Å²) in [7, 11) is 3.32. The molecule has 1 aromatic carbocycles. The third-order valence-corrected chi connectivity index (χ3v) is 2.98. The zero-order chi connectivity index (χ0) is 12.9. The number of ether oxygens (including phenoxy) is 2. The average molecular weight is 237 g/mol. The van der Waals surface area contributed by atoms with Crippen molar-refractivity contribution >= 4 is 0 Å². The minimum absolute atomic E-state index is 0.0789. The molecule has 1 N–H and O–H groups in total. The molecule has 0 aliphatic rings. The molecular formula is C14H23NO2. The molecule has 0 fully saturated rings. The van der Waals surface area contributed by atoms with Crippen molar-refractivity contribution < 1.29 is 9.47 Å². The predicted octanol–water partition coefficient (Wildman–Crippen LogP) is 2.59. The van der Waals surface area contributed by atoms with Crippen LogP contribution in [0.4, 0.5) is 0 Å². The number of hydrogen-bond donors (Lipinski definition) is 1. The monoisotopic (exact) mass is 237 g/mol. The quantitative estimate of drug-likeness (QED) is 0.825. The van der Waals surface area contributed by atoms with Crippen LogP contribution in [0, 0.1) is 0 Å². The van der Waals surface area contributed by atoms with E-state index in [1.165, 1.54) is 5.56 Å². The van der Waals surface area contributed by atoms with Gasteiger partial charge in [0.1, 0.15) is 0 Å². The van der Waals surface area contributed by atoms with Gasteiger partial charge in [0.05, 0.1) is 14.2 Å². The first-order valence-corrected chi connectivity index (χ1v) is 5.98. The number of rotatable bonds is 6. The normalized spacial score (nSPS) is 11.4. The summed E-state index contributed by atoms with van der Waals surface area (Å²) in [6.45, 7) is 8.48. The minimum atomic E-state index is 0.0789. The summed E-state index contributed by atoms with van der Waals surface area (Å²) in [5.41, 5.74) is 1.33. The van der Waals surface area contributed by atoms with Crippen molar-refractivity contribution in [2.24, 2.45) is 0 Å². The van der Waals surface area contributed by atoms with E-state index in [1.807, 2.05) is 6.07 Å². The van der Waals surface area contributed by atoms with Crippen LogP contribution in [0.5, 0.6) is 11.5 Å². The van der Waals surface area contributed by atoms with Gasteiger partial charge in [-0.3, -0.25) is 0 Å². The highest BCUT2D eigenvalue weighted by Gasteiger charge is 2.21. The summed E-state index contributed by atoms with van der Waals surface area (Å²) >= 11 is 0. The van der Waals surface area contributed by atoms with Crippen LogP contribution in [0.2, 0.25) is 0 Å². The van der Waals surface area contributed by atoms with E-state index in [2.05, 4.69) is 38.2 Å². The van der Waals surface area contributed by atoms with Gasteiger partial charge < -0.3 is 14.8 Å². The molecule has 1 aromatic rings. The number of hydrogen-bond acceptors (Lipinski definition) is 3. The van der Waals surface area contributed by atoms with Crippen LogP contribution in [0.25, 0.3) is 0 Å². The van der Waals surface area contributed by atoms with Crippen LogP contribution in [0.15, 0.2) is 18.2 Å². The molecule has 17 heavy (non-hydrogen) atoms. The highest BCUT2D eigenvalue weighted by atomic mass is 16.5. The lowest BCUT2D eigenvalue weighted by Gasteiger charge is -2.26. The standard InChI is InChI=1S/C14H23NO2/c1-6-15-10-14(2,3)11-7-8-12(16-4)13(9-11)17-5/h7-9,15H,6,10H2,1-5H3. The van der Waals surface area contributed by atoms with Gasteiger partial charge in [-0.2, -0.15) is 0 Å². The molecule has 0 atom stereocenters. The first kappa shape index (κ1) is 13.8. The van der Waals surface area contributed by atoms with E-state index in [0.29, 0.717) is 0 Å². The Labute approximate surface area is 104 Å². The summed E-state index contributed by atoms with van der Waals surface area (Å²) in [6, 6.07) is 6.11. The molecular weight excluding hydrogens is 214 g/mol. The molecule has 0 aliphatic carbocycles. The highest BCUT2D eigenvalue weighted by molar-refractivity contribution is 5.45. The molecule has 96 valence electrons. The van der Waals surface area contributed by atoms with E-state index >= 15 is 0 Å². The zero-order valence-electron chi connectivity index (χ0n) is 11.5. The van der Waals surface area contributed by atoms with Crippen molar-refractivity contribution in [3.05, 3.63) is 23.8 Å². The van der Waals surface area contributed by atoms with E-state index in [9.17, 15) is 0 Å². The number of nitrogens with one attached hydrogen (secondary N) is 1. The zero-order valence-corrected chi connectivity index (χ0v) is 11.5. The summed E-state index contributed by atoms with van der Waals surface area (Å²) < 4.78 is 10.6. The molecule has 0 saturated heterocycles. The van der Waals surface area contributed by atoms with Crippen molar-refractivity contribution in [2.75, 3.05) is 27.3 Å². The molecule has 0 aliphatic heterocycles. The second kappa shape index (κ2) is 5.92. The fourth-order valence-corrected chi connectivity index (χ4v) is 1.80. The summed E-state index contributed by atoms with van der Waals surface area (Å²) in [5.74, 6) is 1.56. The minimum Gasteiger partial charge on any atom is -0.493 e. The summed E-state index contributed by atoms with van der Waals surface area (Å²) in [6.07, 6.45) is 0. The van der Waals surface area contributed by atoms with E-state index in [0.717, 1.165) is 24.6 Å². The summed E-state index contributed by atoms with van der Waals surface area (Å²) in [4.78, 5) is 0. The SMILES string of the molecule is CCNCC(C)(C)c1ccc(OC)c(OC)c1. The number of methoxy groups -OCH3 is 2. The molecule has 0 bridgehead atoms. The average Bonchev–Trinajstić information content (AvgIpc) is 2.35. The number of benzene rings is 1. The molecule has 0 aromatic heterocycles. The first-order valence-electron chi connectivity index (χ1n) is 5.98. The molecule has 0 radical (unpaired) electrons. The Bertz CT molecular complexity index is 361. The predicted molar refractivity (Wildman–Crippen MR) is 71.1 cm³/mol. The highest BCUT2D eigenvalue weighted by Crippen LogP contribution is 2.32. The molecule has 3 heteroatoms. The van der Waals surface area contributed by atoms with Crippen LogP contribution >= 0.6 is 0 Å². The molecule has 3 nitrogen and oxygen atoms in total. The van der Waals surface area contributed by atoms with Crippen molar-refractivity contribution in [2.45, 2.75) is 26.2 Å². The van der Waals surface area contributed by atoms with Crippen molar-refractivity contribution in [3.8, 4) is 11.5 Å². The lowest BCUT2D eigenvalue weighted by Crippen LogP contribution is -2.32. The van der Waals surface area contributed by atoms with Crippen LogP contribution in [-0.2, 0) is 5.41 Å². The van der Waals surface area contributed by atoms with Crippen LogP contribution in [-0.4, -0.2) is 27.3 Å². The third kappa shape index (κ3) is 3.37.